The van der Waals surface area contributed by atoms with Gasteiger partial charge < -0.3 is 10.0 Å². The van der Waals surface area contributed by atoms with Gasteiger partial charge in [-0.3, -0.25) is 4.79 Å². The third-order valence-electron chi connectivity index (χ3n) is 3.84. The Morgan fingerprint density at radius 3 is 2.05 bits per heavy atom. The summed E-state index contributed by atoms with van der Waals surface area (Å²) in [7, 11) is 3.55. The molecule has 0 bridgehead atoms. The van der Waals surface area contributed by atoms with Crippen LogP contribution in [-0.4, -0.2) is 19.2 Å². The van der Waals surface area contributed by atoms with Crippen LogP contribution in [0.4, 0.5) is 17.1 Å². The molecule has 0 atom stereocenters. The van der Waals surface area contributed by atoms with E-state index in [1.165, 1.54) is 0 Å². The normalized spacial score (nSPS) is 12.3. The summed E-state index contributed by atoms with van der Waals surface area (Å²) in [4.78, 5) is 14.2. The van der Waals surface area contributed by atoms with Gasteiger partial charge in [-0.1, -0.05) is 36.4 Å². The SMILES string of the molecule is CN(c1ccccc1)c1c(O)c(=[N+](C)c2ccccc2)c1=O. The molecule has 22 heavy (non-hydrogen) atoms. The van der Waals surface area contributed by atoms with Crippen LogP contribution < -0.4 is 20.3 Å². The van der Waals surface area contributed by atoms with Crippen molar-refractivity contribution in [1.29, 1.82) is 0 Å². The number of rotatable bonds is 3. The average Bonchev–Trinajstić information content (AvgIpc) is 2.56. The summed E-state index contributed by atoms with van der Waals surface area (Å²) in [5, 5.41) is 10.7. The Hall–Kier alpha value is -2.88. The fourth-order valence-corrected chi connectivity index (χ4v) is 2.56. The smallest absolute Gasteiger partial charge is 0.300 e. The summed E-state index contributed by atoms with van der Waals surface area (Å²) in [6.45, 7) is 0. The van der Waals surface area contributed by atoms with Crippen LogP contribution in [0.15, 0.2) is 65.5 Å². The van der Waals surface area contributed by atoms with E-state index in [-0.39, 0.29) is 11.2 Å². The number of nitrogens with zero attached hydrogens (tertiary/aromatic N) is 2. The van der Waals surface area contributed by atoms with Gasteiger partial charge >= 0.3 is 0 Å². The van der Waals surface area contributed by atoms with Crippen LogP contribution in [0.5, 0.6) is 5.75 Å². The van der Waals surface area contributed by atoms with E-state index in [0.717, 1.165) is 11.4 Å². The van der Waals surface area contributed by atoms with Crippen LogP contribution in [0.25, 0.3) is 0 Å². The second-order valence-corrected chi connectivity index (χ2v) is 5.16. The minimum atomic E-state index is -0.157. The molecule has 0 aliphatic rings. The summed E-state index contributed by atoms with van der Waals surface area (Å²) >= 11 is 0. The van der Waals surface area contributed by atoms with Gasteiger partial charge in [0.15, 0.2) is 0 Å². The lowest BCUT2D eigenvalue weighted by atomic mass is 10.1. The number of hydrogen-bond donors (Lipinski definition) is 1. The van der Waals surface area contributed by atoms with Crippen molar-refractivity contribution in [3.63, 3.8) is 0 Å². The van der Waals surface area contributed by atoms with Crippen LogP contribution in [-0.2, 0) is 0 Å². The van der Waals surface area contributed by atoms with E-state index in [0.29, 0.717) is 11.0 Å². The van der Waals surface area contributed by atoms with Crippen LogP contribution in [0.1, 0.15) is 0 Å². The summed E-state index contributed by atoms with van der Waals surface area (Å²) in [5.74, 6) is 0.0303. The Morgan fingerprint density at radius 2 is 1.50 bits per heavy atom. The first kappa shape index (κ1) is 14.1. The van der Waals surface area contributed by atoms with Gasteiger partial charge in [0.25, 0.3) is 10.8 Å². The first-order valence-corrected chi connectivity index (χ1v) is 7.04. The molecule has 1 N–H and O–H groups in total. The van der Waals surface area contributed by atoms with Gasteiger partial charge in [-0.2, -0.15) is 4.58 Å². The Kier molecular flexibility index (Phi) is 3.51. The zero-order chi connectivity index (χ0) is 15.7. The average molecular weight is 293 g/mol. The van der Waals surface area contributed by atoms with E-state index in [2.05, 4.69) is 0 Å². The number of benzene rings is 2. The van der Waals surface area contributed by atoms with Crippen molar-refractivity contribution in [3.8, 4) is 5.75 Å². The second-order valence-electron chi connectivity index (χ2n) is 5.16. The molecule has 0 aromatic heterocycles. The first-order chi connectivity index (χ1) is 10.6. The van der Waals surface area contributed by atoms with Crippen molar-refractivity contribution in [2.45, 2.75) is 0 Å². The van der Waals surface area contributed by atoms with Gasteiger partial charge in [0.05, 0.1) is 0 Å². The molecule has 3 aromatic rings. The van der Waals surface area contributed by atoms with Crippen LogP contribution in [0.3, 0.4) is 0 Å². The fraction of sp³-hybridized carbons (Fsp3) is 0.111. The monoisotopic (exact) mass is 293 g/mol. The van der Waals surface area contributed by atoms with Crippen LogP contribution >= 0.6 is 0 Å². The molecular formula is C18H17N2O2+. The number of para-hydroxylation sites is 2. The van der Waals surface area contributed by atoms with E-state index in [9.17, 15) is 9.90 Å². The van der Waals surface area contributed by atoms with Gasteiger partial charge in [-0.25, -0.2) is 0 Å². The number of aromatic hydroxyl groups is 1. The standard InChI is InChI=1S/C18H16N2O2/c1-19(13-9-5-3-6-10-13)15-17(21)16(18(15)22)20(2)14-11-7-4-8-12-14/h3-12H,1-2H3/p+1. The largest absolute Gasteiger partial charge is 0.501 e. The lowest BCUT2D eigenvalue weighted by Crippen LogP contribution is -2.44. The molecule has 0 aliphatic heterocycles. The molecule has 4 heteroatoms. The van der Waals surface area contributed by atoms with E-state index < -0.39 is 0 Å². The molecule has 0 saturated heterocycles. The third kappa shape index (κ3) is 2.19. The quantitative estimate of drug-likeness (QED) is 0.752. The van der Waals surface area contributed by atoms with Crippen molar-refractivity contribution in [1.82, 2.24) is 4.58 Å². The fourth-order valence-electron chi connectivity index (χ4n) is 2.56. The molecule has 110 valence electrons. The van der Waals surface area contributed by atoms with E-state index in [1.807, 2.05) is 60.7 Å². The van der Waals surface area contributed by atoms with Crippen molar-refractivity contribution in [2.75, 3.05) is 19.0 Å². The minimum Gasteiger partial charge on any atom is -0.501 e. The summed E-state index contributed by atoms with van der Waals surface area (Å²) < 4.78 is 1.71. The lowest BCUT2D eigenvalue weighted by molar-refractivity contribution is 0.456. The highest BCUT2D eigenvalue weighted by Crippen LogP contribution is 2.27. The maximum atomic E-state index is 12.5. The van der Waals surface area contributed by atoms with Crippen molar-refractivity contribution >= 4 is 17.1 Å². The van der Waals surface area contributed by atoms with Gasteiger partial charge in [0.2, 0.25) is 11.4 Å². The van der Waals surface area contributed by atoms with E-state index in [4.69, 9.17) is 0 Å². The molecule has 4 nitrogen and oxygen atoms in total. The molecule has 0 amide bonds. The van der Waals surface area contributed by atoms with Gasteiger partial charge in [0, 0.05) is 24.9 Å². The zero-order valence-corrected chi connectivity index (χ0v) is 12.5. The molecule has 0 fully saturated rings. The number of anilines is 2. The van der Waals surface area contributed by atoms with Crippen molar-refractivity contribution in [2.24, 2.45) is 0 Å². The van der Waals surface area contributed by atoms with Gasteiger partial charge in [0.1, 0.15) is 12.7 Å². The second kappa shape index (κ2) is 5.48. The molecule has 0 saturated carbocycles. The lowest BCUT2D eigenvalue weighted by Gasteiger charge is -2.20. The van der Waals surface area contributed by atoms with Crippen molar-refractivity contribution < 1.29 is 5.11 Å². The molecule has 3 rings (SSSR count). The molecular weight excluding hydrogens is 276 g/mol. The Labute approximate surface area is 128 Å². The highest BCUT2D eigenvalue weighted by atomic mass is 16.3. The van der Waals surface area contributed by atoms with Crippen molar-refractivity contribution in [3.05, 3.63) is 76.2 Å². The minimum absolute atomic E-state index is 0.0303. The van der Waals surface area contributed by atoms with Crippen LogP contribution in [0, 0.1) is 0 Å². The van der Waals surface area contributed by atoms with E-state index in [1.54, 1.807) is 23.6 Å². The predicted molar refractivity (Wildman–Crippen MR) is 88.5 cm³/mol. The zero-order valence-electron chi connectivity index (χ0n) is 12.5. The molecule has 0 heterocycles. The molecule has 3 aromatic carbocycles. The Bertz CT molecular complexity index is 877. The molecule has 0 radical (unpaired) electrons. The molecule has 0 aliphatic carbocycles. The summed E-state index contributed by atoms with van der Waals surface area (Å²) in [6, 6.07) is 19.0. The Balaban J connectivity index is 2.08. The third-order valence-corrected chi connectivity index (χ3v) is 3.84. The topological polar surface area (TPSA) is 43.5 Å². The maximum Gasteiger partial charge on any atom is 0.300 e. The maximum absolute atomic E-state index is 12.5. The van der Waals surface area contributed by atoms with Gasteiger partial charge in [-0.05, 0) is 12.1 Å². The molecule has 0 unspecified atom stereocenters. The highest BCUT2D eigenvalue weighted by molar-refractivity contribution is 5.71. The Morgan fingerprint density at radius 1 is 0.955 bits per heavy atom. The first-order valence-electron chi connectivity index (χ1n) is 7.04. The van der Waals surface area contributed by atoms with Crippen LogP contribution in [0.2, 0.25) is 0 Å². The summed E-state index contributed by atoms with van der Waals surface area (Å²) in [6.07, 6.45) is 0. The molecule has 0 spiro atoms. The highest BCUT2D eigenvalue weighted by Gasteiger charge is 2.29. The summed E-state index contributed by atoms with van der Waals surface area (Å²) in [5.41, 5.74) is 1.89. The number of hydrogen-bond acceptors (Lipinski definition) is 3. The van der Waals surface area contributed by atoms with Gasteiger partial charge in [-0.15, -0.1) is 0 Å². The predicted octanol–water partition coefficient (Wildman–Crippen LogP) is 2.13. The van der Waals surface area contributed by atoms with E-state index >= 15 is 0 Å².